The van der Waals surface area contributed by atoms with E-state index in [0.29, 0.717) is 39.6 Å². The molecule has 1 amide bonds. The summed E-state index contributed by atoms with van der Waals surface area (Å²) in [7, 11) is 0. The molecule has 0 saturated carbocycles. The molecule has 0 aliphatic carbocycles. The van der Waals surface area contributed by atoms with Crippen molar-refractivity contribution in [3.63, 3.8) is 0 Å². The fraction of sp³-hybridized carbons (Fsp3) is 0.0769. The first-order valence-electron chi connectivity index (χ1n) is 10.1. The van der Waals surface area contributed by atoms with Crippen molar-refractivity contribution >= 4 is 34.2 Å². The Morgan fingerprint density at radius 3 is 2.56 bits per heavy atom. The zero-order chi connectivity index (χ0) is 22.2. The van der Waals surface area contributed by atoms with Crippen LogP contribution in [0.15, 0.2) is 94.7 Å². The number of rotatable bonds is 5. The maximum Gasteiger partial charge on any atom is 0.295 e. The summed E-state index contributed by atoms with van der Waals surface area (Å²) >= 11 is 6.21. The summed E-state index contributed by atoms with van der Waals surface area (Å²) in [5.41, 5.74) is 1.80. The minimum absolute atomic E-state index is 0.0469. The van der Waals surface area contributed by atoms with Gasteiger partial charge in [0.2, 0.25) is 5.76 Å². The van der Waals surface area contributed by atoms with Gasteiger partial charge in [0.25, 0.3) is 5.91 Å². The fourth-order valence-electron chi connectivity index (χ4n) is 4.03. The quantitative estimate of drug-likeness (QED) is 0.368. The Balaban J connectivity index is 1.72. The third-order valence-electron chi connectivity index (χ3n) is 5.43. The number of ether oxygens (including phenoxy) is 1. The van der Waals surface area contributed by atoms with Crippen molar-refractivity contribution in [1.29, 1.82) is 0 Å². The molecule has 4 aromatic rings. The van der Waals surface area contributed by atoms with Crippen LogP contribution in [0.25, 0.3) is 11.0 Å². The third-order valence-corrected chi connectivity index (χ3v) is 5.66. The van der Waals surface area contributed by atoms with E-state index in [-0.39, 0.29) is 17.1 Å². The molecule has 3 aromatic carbocycles. The minimum Gasteiger partial charge on any atom is -0.490 e. The smallest absolute Gasteiger partial charge is 0.295 e. The van der Waals surface area contributed by atoms with Crippen LogP contribution in [0.5, 0.6) is 5.75 Å². The minimum atomic E-state index is -0.662. The monoisotopic (exact) mass is 443 g/mol. The molecule has 158 valence electrons. The second kappa shape index (κ2) is 8.02. The summed E-state index contributed by atoms with van der Waals surface area (Å²) in [5.74, 6) is 0.325. The molecule has 6 heteroatoms. The van der Waals surface area contributed by atoms with E-state index in [2.05, 4.69) is 6.58 Å². The molecule has 1 unspecified atom stereocenters. The zero-order valence-electron chi connectivity index (χ0n) is 17.0. The highest BCUT2D eigenvalue weighted by molar-refractivity contribution is 6.31. The molecule has 32 heavy (non-hydrogen) atoms. The molecule has 1 aliphatic heterocycles. The van der Waals surface area contributed by atoms with Crippen LogP contribution in [0.4, 0.5) is 5.69 Å². The molecular weight excluding hydrogens is 426 g/mol. The van der Waals surface area contributed by atoms with Crippen molar-refractivity contribution < 1.29 is 13.9 Å². The molecular formula is C26H18ClNO4. The van der Waals surface area contributed by atoms with Gasteiger partial charge >= 0.3 is 0 Å². The molecule has 0 bridgehead atoms. The summed E-state index contributed by atoms with van der Waals surface area (Å²) in [6.07, 6.45) is 1.66. The van der Waals surface area contributed by atoms with E-state index in [1.54, 1.807) is 71.6 Å². The maximum absolute atomic E-state index is 13.5. The molecule has 0 saturated heterocycles. The van der Waals surface area contributed by atoms with Crippen molar-refractivity contribution in [3.05, 3.63) is 118 Å². The van der Waals surface area contributed by atoms with Crippen molar-refractivity contribution in [2.24, 2.45) is 0 Å². The Kier molecular flexibility index (Phi) is 5.04. The molecule has 0 radical (unpaired) electrons. The predicted molar refractivity (Wildman–Crippen MR) is 125 cm³/mol. The van der Waals surface area contributed by atoms with Crippen LogP contribution in [0, 0.1) is 0 Å². The van der Waals surface area contributed by atoms with Gasteiger partial charge in [0, 0.05) is 10.7 Å². The van der Waals surface area contributed by atoms with Gasteiger partial charge < -0.3 is 9.15 Å². The standard InChI is InChI=1S/C26H18ClNO4/c1-2-14-31-19-12-10-16(11-13-19)23-22-24(29)20-8-3-4-9-21(20)32-25(22)26(30)28(23)18-7-5-6-17(27)15-18/h2-13,15,23H,1,14H2. The largest absolute Gasteiger partial charge is 0.490 e. The maximum atomic E-state index is 13.5. The van der Waals surface area contributed by atoms with E-state index in [1.807, 2.05) is 12.1 Å². The van der Waals surface area contributed by atoms with Crippen LogP contribution in [0.1, 0.15) is 27.7 Å². The molecule has 0 spiro atoms. The van der Waals surface area contributed by atoms with Crippen LogP contribution >= 0.6 is 11.6 Å². The Morgan fingerprint density at radius 1 is 1.03 bits per heavy atom. The van der Waals surface area contributed by atoms with E-state index in [0.717, 1.165) is 5.56 Å². The van der Waals surface area contributed by atoms with Gasteiger partial charge in [-0.1, -0.05) is 54.6 Å². The molecule has 1 atom stereocenters. The van der Waals surface area contributed by atoms with Gasteiger partial charge in [-0.05, 0) is 48.0 Å². The van der Waals surface area contributed by atoms with E-state index in [9.17, 15) is 9.59 Å². The van der Waals surface area contributed by atoms with Crippen molar-refractivity contribution in [3.8, 4) is 5.75 Å². The summed E-state index contributed by atoms with van der Waals surface area (Å²) in [6, 6.07) is 20.6. The van der Waals surface area contributed by atoms with Crippen LogP contribution in [0.3, 0.4) is 0 Å². The number of para-hydroxylation sites is 1. The van der Waals surface area contributed by atoms with E-state index < -0.39 is 6.04 Å². The van der Waals surface area contributed by atoms with E-state index in [4.69, 9.17) is 20.8 Å². The average molecular weight is 444 g/mol. The summed E-state index contributed by atoms with van der Waals surface area (Å²) < 4.78 is 11.5. The summed E-state index contributed by atoms with van der Waals surface area (Å²) in [5, 5.41) is 0.922. The summed E-state index contributed by atoms with van der Waals surface area (Å²) in [6.45, 7) is 4.03. The molecule has 5 rings (SSSR count). The number of nitrogens with zero attached hydrogens (tertiary/aromatic N) is 1. The van der Waals surface area contributed by atoms with Crippen molar-refractivity contribution in [2.45, 2.75) is 6.04 Å². The topological polar surface area (TPSA) is 59.8 Å². The number of benzene rings is 3. The molecule has 0 fully saturated rings. The SMILES string of the molecule is C=CCOc1ccc(C2c3c(oc4ccccc4c3=O)C(=O)N2c2cccc(Cl)c2)cc1. The van der Waals surface area contributed by atoms with Crippen LogP contribution in [-0.4, -0.2) is 12.5 Å². The highest BCUT2D eigenvalue weighted by Crippen LogP contribution is 2.42. The van der Waals surface area contributed by atoms with Crippen LogP contribution in [-0.2, 0) is 0 Å². The summed E-state index contributed by atoms with van der Waals surface area (Å²) in [4.78, 5) is 28.6. The lowest BCUT2D eigenvalue weighted by molar-refractivity contribution is 0.0971. The molecule has 1 aromatic heterocycles. The lowest BCUT2D eigenvalue weighted by Gasteiger charge is -2.25. The lowest BCUT2D eigenvalue weighted by atomic mass is 9.98. The first-order chi connectivity index (χ1) is 15.6. The van der Waals surface area contributed by atoms with Gasteiger partial charge in [-0.25, -0.2) is 0 Å². The number of carbonyl (C=O) groups is 1. The molecule has 5 nitrogen and oxygen atoms in total. The molecule has 1 aliphatic rings. The second-order valence-electron chi connectivity index (χ2n) is 7.40. The number of fused-ring (bicyclic) bond motifs is 2. The average Bonchev–Trinajstić information content (AvgIpc) is 3.11. The Hall–Kier alpha value is -3.83. The number of hydrogen-bond acceptors (Lipinski definition) is 4. The van der Waals surface area contributed by atoms with E-state index in [1.165, 1.54) is 0 Å². The van der Waals surface area contributed by atoms with Crippen molar-refractivity contribution in [2.75, 3.05) is 11.5 Å². The number of halogens is 1. The Morgan fingerprint density at radius 2 is 1.81 bits per heavy atom. The number of amides is 1. The molecule has 2 heterocycles. The van der Waals surface area contributed by atoms with Gasteiger partial charge in [-0.3, -0.25) is 14.5 Å². The normalized spacial score (nSPS) is 15.1. The first kappa shape index (κ1) is 20.1. The van der Waals surface area contributed by atoms with Crippen LogP contribution in [0.2, 0.25) is 5.02 Å². The Labute approximate surface area is 189 Å². The molecule has 0 N–H and O–H groups in total. The zero-order valence-corrected chi connectivity index (χ0v) is 17.7. The number of anilines is 1. The number of hydrogen-bond donors (Lipinski definition) is 0. The van der Waals surface area contributed by atoms with Gasteiger partial charge in [0.05, 0.1) is 17.0 Å². The van der Waals surface area contributed by atoms with Crippen LogP contribution < -0.4 is 15.1 Å². The van der Waals surface area contributed by atoms with Crippen molar-refractivity contribution in [1.82, 2.24) is 0 Å². The highest BCUT2D eigenvalue weighted by atomic mass is 35.5. The number of carbonyl (C=O) groups excluding carboxylic acids is 1. The Bertz CT molecular complexity index is 1410. The second-order valence-corrected chi connectivity index (χ2v) is 7.83. The fourth-order valence-corrected chi connectivity index (χ4v) is 4.21. The van der Waals surface area contributed by atoms with Gasteiger partial charge in [-0.2, -0.15) is 0 Å². The predicted octanol–water partition coefficient (Wildman–Crippen LogP) is 5.76. The first-order valence-corrected chi connectivity index (χ1v) is 10.4. The van der Waals surface area contributed by atoms with Gasteiger partial charge in [-0.15, -0.1) is 0 Å². The third kappa shape index (κ3) is 3.27. The van der Waals surface area contributed by atoms with E-state index >= 15 is 0 Å². The van der Waals surface area contributed by atoms with Gasteiger partial charge in [0.1, 0.15) is 17.9 Å². The lowest BCUT2D eigenvalue weighted by Crippen LogP contribution is -2.29. The highest BCUT2D eigenvalue weighted by Gasteiger charge is 2.43. The van der Waals surface area contributed by atoms with Gasteiger partial charge in [0.15, 0.2) is 5.43 Å².